The van der Waals surface area contributed by atoms with Gasteiger partial charge in [-0.25, -0.2) is 4.98 Å². The van der Waals surface area contributed by atoms with Crippen LogP contribution in [0.1, 0.15) is 22.8 Å². The third kappa shape index (κ3) is 2.97. The van der Waals surface area contributed by atoms with Gasteiger partial charge in [-0.3, -0.25) is 9.69 Å². The highest BCUT2D eigenvalue weighted by Crippen LogP contribution is 2.39. The molecule has 0 aliphatic carbocycles. The van der Waals surface area contributed by atoms with Gasteiger partial charge in [0, 0.05) is 24.7 Å². The van der Waals surface area contributed by atoms with Crippen LogP contribution in [0.4, 0.5) is 5.69 Å². The van der Waals surface area contributed by atoms with Gasteiger partial charge in [-0.1, -0.05) is 18.2 Å². The molecular formula is C22H19N3O3. The largest absolute Gasteiger partial charge is 0.496 e. The van der Waals surface area contributed by atoms with Crippen molar-refractivity contribution in [3.05, 3.63) is 66.2 Å². The Kier molecular flexibility index (Phi) is 4.50. The minimum Gasteiger partial charge on any atom is -0.496 e. The zero-order chi connectivity index (χ0) is 19.7. The maximum atomic E-state index is 12.9. The van der Waals surface area contributed by atoms with Crippen molar-refractivity contribution in [1.82, 2.24) is 9.88 Å². The van der Waals surface area contributed by atoms with Crippen molar-refractivity contribution in [2.24, 2.45) is 0 Å². The number of hydrogen-bond acceptors (Lipinski definition) is 5. The number of nitrogens with zero attached hydrogens (tertiary/aromatic N) is 3. The first kappa shape index (κ1) is 17.7. The van der Waals surface area contributed by atoms with Crippen molar-refractivity contribution in [3.63, 3.8) is 0 Å². The van der Waals surface area contributed by atoms with Gasteiger partial charge in [0.2, 0.25) is 0 Å². The van der Waals surface area contributed by atoms with E-state index in [1.165, 1.54) is 6.39 Å². The number of amides is 1. The SMILES string of the molecule is COc1cc2c(cc1-c1cnco1)C(=O)N(C)C(C)N2C#Cc1ccccc1. The van der Waals surface area contributed by atoms with Crippen LogP contribution >= 0.6 is 0 Å². The van der Waals surface area contributed by atoms with E-state index >= 15 is 0 Å². The van der Waals surface area contributed by atoms with E-state index in [1.54, 1.807) is 31.3 Å². The van der Waals surface area contributed by atoms with Crippen LogP contribution in [0.5, 0.6) is 5.75 Å². The highest BCUT2D eigenvalue weighted by atomic mass is 16.5. The third-order valence-corrected chi connectivity index (χ3v) is 4.85. The molecule has 4 rings (SSSR count). The molecule has 1 unspecified atom stereocenters. The highest BCUT2D eigenvalue weighted by Gasteiger charge is 2.34. The third-order valence-electron chi connectivity index (χ3n) is 4.85. The fourth-order valence-electron chi connectivity index (χ4n) is 3.18. The van der Waals surface area contributed by atoms with Crippen molar-refractivity contribution < 1.29 is 13.9 Å². The summed E-state index contributed by atoms with van der Waals surface area (Å²) in [5.74, 6) is 4.22. The van der Waals surface area contributed by atoms with Gasteiger partial charge in [-0.05, 0) is 31.0 Å². The molecule has 0 saturated carbocycles. The molecule has 0 bridgehead atoms. The van der Waals surface area contributed by atoms with Gasteiger partial charge >= 0.3 is 0 Å². The number of benzene rings is 2. The van der Waals surface area contributed by atoms with Crippen molar-refractivity contribution in [2.45, 2.75) is 13.1 Å². The molecule has 6 heteroatoms. The minimum atomic E-state index is -0.225. The molecule has 2 aromatic carbocycles. The number of aromatic nitrogens is 1. The van der Waals surface area contributed by atoms with Crippen LogP contribution in [0.25, 0.3) is 11.3 Å². The summed E-state index contributed by atoms with van der Waals surface area (Å²) >= 11 is 0. The lowest BCUT2D eigenvalue weighted by Gasteiger charge is -2.39. The monoisotopic (exact) mass is 373 g/mol. The predicted octanol–water partition coefficient (Wildman–Crippen LogP) is 3.60. The van der Waals surface area contributed by atoms with Crippen molar-refractivity contribution in [1.29, 1.82) is 0 Å². The Hall–Kier alpha value is -3.72. The molecule has 1 aromatic heterocycles. The fraction of sp³-hybridized carbons (Fsp3) is 0.182. The van der Waals surface area contributed by atoms with Crippen LogP contribution in [0.3, 0.4) is 0 Å². The van der Waals surface area contributed by atoms with Crippen LogP contribution in [-0.2, 0) is 0 Å². The quantitative estimate of drug-likeness (QED) is 0.643. The standard InChI is InChI=1S/C22H19N3O3/c1-15-24(2)22(26)17-11-18(21-13-23-14-28-21)20(27-3)12-19(17)25(15)10-9-16-7-5-4-6-8-16/h4-8,11-15H,1-3H3. The summed E-state index contributed by atoms with van der Waals surface area (Å²) in [4.78, 5) is 20.4. The molecule has 2 heterocycles. The average Bonchev–Trinajstić information content (AvgIpc) is 3.26. The molecule has 140 valence electrons. The molecule has 0 fully saturated rings. The first-order chi connectivity index (χ1) is 13.6. The van der Waals surface area contributed by atoms with Crippen LogP contribution in [0, 0.1) is 12.0 Å². The molecule has 28 heavy (non-hydrogen) atoms. The van der Waals surface area contributed by atoms with Gasteiger partial charge in [0.05, 0.1) is 30.1 Å². The van der Waals surface area contributed by atoms with Gasteiger partial charge in [-0.2, -0.15) is 0 Å². The maximum Gasteiger partial charge on any atom is 0.257 e. The fourth-order valence-corrected chi connectivity index (χ4v) is 3.18. The highest BCUT2D eigenvalue weighted by molar-refractivity contribution is 6.04. The number of anilines is 1. The number of carbonyl (C=O) groups is 1. The number of oxazole rings is 1. The second-order valence-corrected chi connectivity index (χ2v) is 6.46. The second-order valence-electron chi connectivity index (χ2n) is 6.46. The van der Waals surface area contributed by atoms with E-state index in [4.69, 9.17) is 9.15 Å². The first-order valence-corrected chi connectivity index (χ1v) is 8.84. The van der Waals surface area contributed by atoms with Gasteiger partial charge in [0.15, 0.2) is 12.2 Å². The smallest absolute Gasteiger partial charge is 0.257 e. The number of carbonyl (C=O) groups excluding carboxylic acids is 1. The summed E-state index contributed by atoms with van der Waals surface area (Å²) in [6, 6.07) is 16.5. The Balaban J connectivity index is 1.86. The Bertz CT molecular complexity index is 1070. The Morgan fingerprint density at radius 3 is 2.64 bits per heavy atom. The van der Waals surface area contributed by atoms with Gasteiger partial charge in [0.25, 0.3) is 5.91 Å². The lowest BCUT2D eigenvalue weighted by Crippen LogP contribution is -2.50. The van der Waals surface area contributed by atoms with E-state index in [0.29, 0.717) is 28.3 Å². The number of rotatable bonds is 2. The van der Waals surface area contributed by atoms with Crippen LogP contribution in [0.15, 0.2) is 59.5 Å². The Morgan fingerprint density at radius 1 is 1.18 bits per heavy atom. The molecule has 1 atom stereocenters. The number of fused-ring (bicyclic) bond motifs is 1. The lowest BCUT2D eigenvalue weighted by molar-refractivity contribution is 0.0731. The summed E-state index contributed by atoms with van der Waals surface area (Å²) < 4.78 is 11.0. The van der Waals surface area contributed by atoms with Crippen molar-refractivity contribution in [3.8, 4) is 29.0 Å². The molecule has 3 aromatic rings. The van der Waals surface area contributed by atoms with E-state index in [2.05, 4.69) is 16.9 Å². The van der Waals surface area contributed by atoms with E-state index in [1.807, 2.05) is 48.2 Å². The summed E-state index contributed by atoms with van der Waals surface area (Å²) in [5.41, 5.74) is 2.82. The first-order valence-electron chi connectivity index (χ1n) is 8.84. The number of methoxy groups -OCH3 is 1. The number of hydrogen-bond donors (Lipinski definition) is 0. The summed E-state index contributed by atoms with van der Waals surface area (Å²) in [6.45, 7) is 1.94. The average molecular weight is 373 g/mol. The summed E-state index contributed by atoms with van der Waals surface area (Å²) in [7, 11) is 3.35. The number of ether oxygens (including phenoxy) is 1. The maximum absolute atomic E-state index is 12.9. The minimum absolute atomic E-state index is 0.0799. The van der Waals surface area contributed by atoms with Crippen LogP contribution in [-0.4, -0.2) is 36.1 Å². The Labute approximate surface area is 163 Å². The van der Waals surface area contributed by atoms with Crippen molar-refractivity contribution in [2.75, 3.05) is 19.1 Å². The zero-order valence-corrected chi connectivity index (χ0v) is 15.8. The lowest BCUT2D eigenvalue weighted by atomic mass is 10.0. The molecule has 1 aliphatic rings. The molecule has 0 radical (unpaired) electrons. The molecule has 1 aliphatic heterocycles. The summed E-state index contributed by atoms with van der Waals surface area (Å²) in [6.07, 6.45) is 2.72. The van der Waals surface area contributed by atoms with Gasteiger partial charge in [0.1, 0.15) is 11.9 Å². The molecule has 1 amide bonds. The topological polar surface area (TPSA) is 58.8 Å². The van der Waals surface area contributed by atoms with E-state index in [0.717, 1.165) is 5.56 Å². The zero-order valence-electron chi connectivity index (χ0n) is 15.8. The second kappa shape index (κ2) is 7.12. The van der Waals surface area contributed by atoms with E-state index in [9.17, 15) is 4.79 Å². The molecule has 0 spiro atoms. The molecule has 0 saturated heterocycles. The van der Waals surface area contributed by atoms with Crippen LogP contribution in [0.2, 0.25) is 0 Å². The Morgan fingerprint density at radius 2 is 1.96 bits per heavy atom. The molecule has 0 N–H and O–H groups in total. The van der Waals surface area contributed by atoms with E-state index in [-0.39, 0.29) is 12.1 Å². The summed E-state index contributed by atoms with van der Waals surface area (Å²) in [5, 5.41) is 0. The molecule has 6 nitrogen and oxygen atoms in total. The van der Waals surface area contributed by atoms with E-state index < -0.39 is 0 Å². The molecular weight excluding hydrogens is 354 g/mol. The van der Waals surface area contributed by atoms with Crippen molar-refractivity contribution >= 4 is 11.6 Å². The normalized spacial score (nSPS) is 15.7. The predicted molar refractivity (Wildman–Crippen MR) is 106 cm³/mol. The van der Waals surface area contributed by atoms with Gasteiger partial charge in [-0.15, -0.1) is 0 Å². The van der Waals surface area contributed by atoms with Gasteiger partial charge < -0.3 is 14.1 Å². The van der Waals surface area contributed by atoms with Crippen LogP contribution < -0.4 is 9.64 Å².